The van der Waals surface area contributed by atoms with E-state index in [1.165, 1.54) is 0 Å². The molecule has 2 unspecified atom stereocenters. The maximum Gasteiger partial charge on any atom is 0.128 e. The maximum absolute atomic E-state index is 10.7. The first-order valence-corrected chi connectivity index (χ1v) is 6.75. The highest BCUT2D eigenvalue weighted by molar-refractivity contribution is 5.41. The summed E-state index contributed by atoms with van der Waals surface area (Å²) in [6.45, 7) is 7.22. The molecule has 19 heavy (non-hydrogen) atoms. The van der Waals surface area contributed by atoms with Crippen molar-refractivity contribution in [3.63, 3.8) is 0 Å². The van der Waals surface area contributed by atoms with Crippen LogP contribution in [0.3, 0.4) is 0 Å². The van der Waals surface area contributed by atoms with E-state index < -0.39 is 5.60 Å². The molecule has 1 fully saturated rings. The van der Waals surface area contributed by atoms with Gasteiger partial charge in [0, 0.05) is 42.0 Å². The Morgan fingerprint density at radius 2 is 2.26 bits per heavy atom. The smallest absolute Gasteiger partial charge is 0.128 e. The minimum Gasteiger partial charge on any atom is -0.496 e. The van der Waals surface area contributed by atoms with Gasteiger partial charge in [0.25, 0.3) is 0 Å². The van der Waals surface area contributed by atoms with Crippen molar-refractivity contribution in [3.8, 4) is 5.75 Å². The molecule has 1 aromatic rings. The van der Waals surface area contributed by atoms with Gasteiger partial charge < -0.3 is 14.6 Å². The first kappa shape index (κ1) is 14.3. The van der Waals surface area contributed by atoms with Crippen molar-refractivity contribution in [1.29, 1.82) is 0 Å². The van der Waals surface area contributed by atoms with Crippen LogP contribution in [0.5, 0.6) is 5.75 Å². The van der Waals surface area contributed by atoms with Crippen LogP contribution in [-0.2, 0) is 11.2 Å². The van der Waals surface area contributed by atoms with E-state index in [-0.39, 0.29) is 5.92 Å². The number of pyridine rings is 1. The molecule has 106 valence electrons. The van der Waals surface area contributed by atoms with E-state index in [0.29, 0.717) is 13.0 Å². The van der Waals surface area contributed by atoms with E-state index >= 15 is 0 Å². The summed E-state index contributed by atoms with van der Waals surface area (Å²) in [5.41, 5.74) is 2.16. The minimum absolute atomic E-state index is 0.181. The normalized spacial score (nSPS) is 22.3. The second-order valence-electron chi connectivity index (χ2n) is 5.64. The molecule has 1 aliphatic rings. The van der Waals surface area contributed by atoms with Crippen LogP contribution in [0.1, 0.15) is 30.2 Å². The predicted molar refractivity (Wildman–Crippen MR) is 73.5 cm³/mol. The van der Waals surface area contributed by atoms with Crippen LogP contribution in [0, 0.1) is 19.8 Å². The molecule has 2 rings (SSSR count). The number of ether oxygens (including phenoxy) is 2. The Morgan fingerprint density at radius 1 is 1.53 bits per heavy atom. The fraction of sp³-hybridized carbons (Fsp3) is 0.667. The zero-order chi connectivity index (χ0) is 14.0. The van der Waals surface area contributed by atoms with E-state index in [1.807, 2.05) is 27.0 Å². The molecular weight excluding hydrogens is 242 g/mol. The molecule has 1 aromatic heterocycles. The Morgan fingerprint density at radius 3 is 2.84 bits per heavy atom. The number of aliphatic hydroxyl groups is 1. The van der Waals surface area contributed by atoms with Gasteiger partial charge in [0.2, 0.25) is 0 Å². The molecule has 0 amide bonds. The van der Waals surface area contributed by atoms with Crippen LogP contribution in [0.15, 0.2) is 6.20 Å². The quantitative estimate of drug-likeness (QED) is 0.905. The van der Waals surface area contributed by atoms with Crippen LogP contribution in [0.4, 0.5) is 0 Å². The third kappa shape index (κ3) is 2.90. The van der Waals surface area contributed by atoms with Gasteiger partial charge >= 0.3 is 0 Å². The number of nitrogens with zero attached hydrogens (tertiary/aromatic N) is 1. The number of hydrogen-bond acceptors (Lipinski definition) is 4. The van der Waals surface area contributed by atoms with Crippen LogP contribution in [0.2, 0.25) is 0 Å². The molecular formula is C15H23NO3. The number of hydrogen-bond donors (Lipinski definition) is 1. The second-order valence-corrected chi connectivity index (χ2v) is 5.64. The number of rotatable bonds is 4. The van der Waals surface area contributed by atoms with Crippen LogP contribution in [-0.4, -0.2) is 36.0 Å². The highest BCUT2D eigenvalue weighted by Gasteiger charge is 2.35. The number of methoxy groups -OCH3 is 1. The van der Waals surface area contributed by atoms with E-state index in [4.69, 9.17) is 9.47 Å². The van der Waals surface area contributed by atoms with Gasteiger partial charge in [-0.15, -0.1) is 0 Å². The molecule has 2 heterocycles. The zero-order valence-electron chi connectivity index (χ0n) is 12.2. The highest BCUT2D eigenvalue weighted by Crippen LogP contribution is 2.32. The predicted octanol–water partition coefficient (Wildman–Crippen LogP) is 2.04. The molecule has 0 spiro atoms. The Labute approximate surface area is 114 Å². The summed E-state index contributed by atoms with van der Waals surface area (Å²) in [7, 11) is 1.67. The van der Waals surface area contributed by atoms with Gasteiger partial charge in [0.15, 0.2) is 0 Å². The molecule has 0 saturated carbocycles. The molecule has 0 aliphatic carbocycles. The summed E-state index contributed by atoms with van der Waals surface area (Å²) in [5.74, 6) is 1.05. The largest absolute Gasteiger partial charge is 0.496 e. The molecule has 0 radical (unpaired) electrons. The molecule has 0 aromatic carbocycles. The van der Waals surface area contributed by atoms with Crippen molar-refractivity contribution < 1.29 is 14.6 Å². The van der Waals surface area contributed by atoms with Crippen molar-refractivity contribution in [2.45, 2.75) is 39.2 Å². The Hall–Kier alpha value is -1.13. The van der Waals surface area contributed by atoms with Gasteiger partial charge in [-0.2, -0.15) is 0 Å². The fourth-order valence-electron chi connectivity index (χ4n) is 2.76. The lowest BCUT2D eigenvalue weighted by atomic mass is 9.83. The zero-order valence-corrected chi connectivity index (χ0v) is 12.2. The van der Waals surface area contributed by atoms with Gasteiger partial charge in [0.05, 0.1) is 19.3 Å². The summed E-state index contributed by atoms with van der Waals surface area (Å²) >= 11 is 0. The lowest BCUT2D eigenvalue weighted by Crippen LogP contribution is -2.37. The van der Waals surface area contributed by atoms with Gasteiger partial charge in [-0.25, -0.2) is 0 Å². The molecule has 2 atom stereocenters. The molecule has 1 saturated heterocycles. The topological polar surface area (TPSA) is 51.6 Å². The maximum atomic E-state index is 10.7. The lowest BCUT2D eigenvalue weighted by molar-refractivity contribution is -0.00547. The third-order valence-corrected chi connectivity index (χ3v) is 4.08. The second kappa shape index (κ2) is 5.47. The average molecular weight is 265 g/mol. The van der Waals surface area contributed by atoms with Gasteiger partial charge in [-0.3, -0.25) is 4.98 Å². The van der Waals surface area contributed by atoms with Crippen molar-refractivity contribution in [2.24, 2.45) is 5.92 Å². The van der Waals surface area contributed by atoms with Gasteiger partial charge in [-0.1, -0.05) is 0 Å². The van der Waals surface area contributed by atoms with Crippen LogP contribution in [0.25, 0.3) is 0 Å². The summed E-state index contributed by atoms with van der Waals surface area (Å²) < 4.78 is 10.8. The number of aromatic nitrogens is 1. The SMILES string of the molecule is COc1c(C)cnc(CC(C)(O)C2CCOC2)c1C. The summed E-state index contributed by atoms with van der Waals surface area (Å²) in [6, 6.07) is 0. The monoisotopic (exact) mass is 265 g/mol. The number of aryl methyl sites for hydroxylation is 1. The Bertz CT molecular complexity index is 451. The van der Waals surface area contributed by atoms with E-state index in [2.05, 4.69) is 4.98 Å². The summed E-state index contributed by atoms with van der Waals surface area (Å²) in [4.78, 5) is 4.46. The van der Waals surface area contributed by atoms with Crippen molar-refractivity contribution >= 4 is 0 Å². The standard InChI is InChI=1S/C15H23NO3/c1-10-8-16-13(11(2)14(10)18-4)7-15(3,17)12-5-6-19-9-12/h8,12,17H,5-7,9H2,1-4H3. The van der Waals surface area contributed by atoms with Crippen LogP contribution >= 0.6 is 0 Å². The summed E-state index contributed by atoms with van der Waals surface area (Å²) in [5, 5.41) is 10.7. The third-order valence-electron chi connectivity index (χ3n) is 4.08. The first-order chi connectivity index (χ1) is 8.95. The van der Waals surface area contributed by atoms with Crippen molar-refractivity contribution in [2.75, 3.05) is 20.3 Å². The highest BCUT2D eigenvalue weighted by atomic mass is 16.5. The first-order valence-electron chi connectivity index (χ1n) is 6.75. The van der Waals surface area contributed by atoms with Crippen LogP contribution < -0.4 is 4.74 Å². The summed E-state index contributed by atoms with van der Waals surface area (Å²) in [6.07, 6.45) is 3.25. The van der Waals surface area contributed by atoms with Crippen molar-refractivity contribution in [3.05, 3.63) is 23.0 Å². The average Bonchev–Trinajstić information content (AvgIpc) is 2.88. The van der Waals surface area contributed by atoms with Crippen molar-refractivity contribution in [1.82, 2.24) is 4.98 Å². The van der Waals surface area contributed by atoms with Gasteiger partial charge in [-0.05, 0) is 27.2 Å². The fourth-order valence-corrected chi connectivity index (χ4v) is 2.76. The molecule has 0 bridgehead atoms. The van der Waals surface area contributed by atoms with Gasteiger partial charge in [0.1, 0.15) is 5.75 Å². The van der Waals surface area contributed by atoms with E-state index in [9.17, 15) is 5.11 Å². The molecule has 4 nitrogen and oxygen atoms in total. The van der Waals surface area contributed by atoms with E-state index in [0.717, 1.165) is 35.6 Å². The molecule has 1 N–H and O–H groups in total. The Kier molecular flexibility index (Phi) is 4.11. The molecule has 4 heteroatoms. The van der Waals surface area contributed by atoms with E-state index in [1.54, 1.807) is 7.11 Å². The Balaban J connectivity index is 2.23. The minimum atomic E-state index is -0.783. The lowest BCUT2D eigenvalue weighted by Gasteiger charge is -2.29. The molecule has 1 aliphatic heterocycles.